The van der Waals surface area contributed by atoms with Gasteiger partial charge in [-0.05, 0) is 25.2 Å². The van der Waals surface area contributed by atoms with Crippen molar-refractivity contribution in [2.24, 2.45) is 5.84 Å². The summed E-state index contributed by atoms with van der Waals surface area (Å²) in [7, 11) is 0. The Labute approximate surface area is 126 Å². The van der Waals surface area contributed by atoms with Crippen molar-refractivity contribution in [1.82, 2.24) is 9.97 Å². The summed E-state index contributed by atoms with van der Waals surface area (Å²) >= 11 is 3.21. The lowest BCUT2D eigenvalue weighted by Crippen LogP contribution is -2.34. The minimum Gasteiger partial charge on any atom is -0.369 e. The fraction of sp³-hybridized carbons (Fsp3) is 0.538. The molecule has 0 saturated heterocycles. The van der Waals surface area contributed by atoms with Crippen molar-refractivity contribution in [3.63, 3.8) is 0 Å². The molecule has 0 saturated carbocycles. The Hall–Kier alpha value is -0.890. The SMILES string of the molecule is CCC1(C)Cc2c(sc3nc(SC)nc(NN)c23)CO1. The van der Waals surface area contributed by atoms with Crippen molar-refractivity contribution >= 4 is 39.1 Å². The number of nitrogen functional groups attached to an aromatic ring is 1. The van der Waals surface area contributed by atoms with Gasteiger partial charge in [0.2, 0.25) is 0 Å². The van der Waals surface area contributed by atoms with Crippen molar-refractivity contribution in [2.45, 2.75) is 44.1 Å². The van der Waals surface area contributed by atoms with Crippen molar-refractivity contribution in [3.8, 4) is 0 Å². The van der Waals surface area contributed by atoms with Gasteiger partial charge in [-0.25, -0.2) is 15.8 Å². The van der Waals surface area contributed by atoms with E-state index in [1.807, 2.05) is 6.26 Å². The third-order valence-corrected chi connectivity index (χ3v) is 5.53. The van der Waals surface area contributed by atoms with E-state index in [9.17, 15) is 0 Å². The molecule has 2 aromatic rings. The van der Waals surface area contributed by atoms with Gasteiger partial charge in [0, 0.05) is 11.3 Å². The predicted molar refractivity (Wildman–Crippen MR) is 84.2 cm³/mol. The number of ether oxygens (including phenoxy) is 1. The second kappa shape index (κ2) is 5.14. The Morgan fingerprint density at radius 2 is 2.30 bits per heavy atom. The van der Waals surface area contributed by atoms with E-state index in [1.165, 1.54) is 22.2 Å². The molecule has 1 atom stereocenters. The first-order valence-corrected chi connectivity index (χ1v) is 8.61. The highest BCUT2D eigenvalue weighted by atomic mass is 32.2. The molecule has 0 radical (unpaired) electrons. The topological polar surface area (TPSA) is 73.1 Å². The smallest absolute Gasteiger partial charge is 0.190 e. The van der Waals surface area contributed by atoms with Crippen LogP contribution in [0.15, 0.2) is 5.16 Å². The number of nitrogens with two attached hydrogens (primary N) is 1. The number of nitrogens with one attached hydrogen (secondary N) is 1. The van der Waals surface area contributed by atoms with E-state index in [1.54, 1.807) is 11.3 Å². The normalized spacial score (nSPS) is 22.0. The molecule has 7 heteroatoms. The van der Waals surface area contributed by atoms with E-state index >= 15 is 0 Å². The fourth-order valence-electron chi connectivity index (χ4n) is 2.48. The molecule has 0 spiro atoms. The van der Waals surface area contributed by atoms with Crippen LogP contribution in [0, 0.1) is 0 Å². The third-order valence-electron chi connectivity index (χ3n) is 3.88. The molecule has 108 valence electrons. The molecule has 3 N–H and O–H groups in total. The van der Waals surface area contributed by atoms with Crippen LogP contribution >= 0.6 is 23.1 Å². The molecule has 0 bridgehead atoms. The Bertz CT molecular complexity index is 657. The highest BCUT2D eigenvalue weighted by Crippen LogP contribution is 2.42. The zero-order chi connectivity index (χ0) is 14.3. The molecule has 0 fully saturated rings. The van der Waals surface area contributed by atoms with Crippen LogP contribution in [0.5, 0.6) is 0 Å². The maximum atomic E-state index is 6.01. The van der Waals surface area contributed by atoms with Gasteiger partial charge in [-0.15, -0.1) is 11.3 Å². The summed E-state index contributed by atoms with van der Waals surface area (Å²) in [6, 6.07) is 0. The van der Waals surface area contributed by atoms with Gasteiger partial charge < -0.3 is 10.2 Å². The minimum atomic E-state index is -0.106. The molecule has 3 rings (SSSR count). The summed E-state index contributed by atoms with van der Waals surface area (Å²) in [5.41, 5.74) is 3.91. The second-order valence-corrected chi connectivity index (χ2v) is 7.01. The Balaban J connectivity index is 2.20. The quantitative estimate of drug-likeness (QED) is 0.393. The molecule has 1 aliphatic heterocycles. The molecule has 0 aliphatic carbocycles. The number of thioether (sulfide) groups is 1. The summed E-state index contributed by atoms with van der Waals surface area (Å²) in [5.74, 6) is 6.38. The first kappa shape index (κ1) is 14.1. The lowest BCUT2D eigenvalue weighted by Gasteiger charge is -2.33. The van der Waals surface area contributed by atoms with Crippen LogP contribution in [0.25, 0.3) is 10.2 Å². The molecule has 0 aromatic carbocycles. The van der Waals surface area contributed by atoms with E-state index in [-0.39, 0.29) is 5.60 Å². The monoisotopic (exact) mass is 310 g/mol. The molecule has 1 aliphatic rings. The molecule has 1 unspecified atom stereocenters. The molecule has 2 aromatic heterocycles. The van der Waals surface area contributed by atoms with Gasteiger partial charge in [0.25, 0.3) is 0 Å². The summed E-state index contributed by atoms with van der Waals surface area (Å²) in [4.78, 5) is 11.3. The standard InChI is InChI=1S/C13H18N4OS2/c1-4-13(2)5-7-8(6-18-13)20-11-9(7)10(17-14)15-12(16-11)19-3/h4-6,14H2,1-3H3,(H,15,16,17). The van der Waals surface area contributed by atoms with Crippen LogP contribution in [0.4, 0.5) is 5.82 Å². The highest BCUT2D eigenvalue weighted by Gasteiger charge is 2.33. The lowest BCUT2D eigenvalue weighted by molar-refractivity contribution is -0.0542. The highest BCUT2D eigenvalue weighted by molar-refractivity contribution is 7.98. The predicted octanol–water partition coefficient (Wildman–Crippen LogP) is 2.94. The fourth-order valence-corrected chi connectivity index (χ4v) is 4.00. The minimum absolute atomic E-state index is 0.106. The van der Waals surface area contributed by atoms with Crippen molar-refractivity contribution in [3.05, 3.63) is 10.4 Å². The summed E-state index contributed by atoms with van der Waals surface area (Å²) in [6.45, 7) is 4.97. The Morgan fingerprint density at radius 1 is 1.50 bits per heavy atom. The largest absolute Gasteiger partial charge is 0.369 e. The van der Waals surface area contributed by atoms with E-state index in [0.717, 1.165) is 34.0 Å². The van der Waals surface area contributed by atoms with Crippen molar-refractivity contribution < 1.29 is 4.74 Å². The van der Waals surface area contributed by atoms with Crippen LogP contribution in [0.3, 0.4) is 0 Å². The van der Waals surface area contributed by atoms with Crippen molar-refractivity contribution in [2.75, 3.05) is 11.7 Å². The first-order chi connectivity index (χ1) is 9.60. The molecule has 5 nitrogen and oxygen atoms in total. The van der Waals surface area contributed by atoms with E-state index < -0.39 is 0 Å². The van der Waals surface area contributed by atoms with Crippen LogP contribution in [-0.4, -0.2) is 21.8 Å². The van der Waals surface area contributed by atoms with Gasteiger partial charge in [-0.3, -0.25) is 0 Å². The molecular weight excluding hydrogens is 292 g/mol. The number of hydrazine groups is 1. The van der Waals surface area contributed by atoms with Gasteiger partial charge in [0.1, 0.15) is 4.83 Å². The van der Waals surface area contributed by atoms with Crippen LogP contribution in [0.1, 0.15) is 30.7 Å². The molecular formula is C13H18N4OS2. The summed E-state index contributed by atoms with van der Waals surface area (Å²) in [5, 5.41) is 1.80. The van der Waals surface area contributed by atoms with Crippen LogP contribution in [-0.2, 0) is 17.8 Å². The van der Waals surface area contributed by atoms with E-state index in [2.05, 4.69) is 29.2 Å². The molecule has 0 amide bonds. The lowest BCUT2D eigenvalue weighted by atomic mass is 9.90. The number of hydrogen-bond acceptors (Lipinski definition) is 7. The van der Waals surface area contributed by atoms with E-state index in [4.69, 9.17) is 10.6 Å². The Kier molecular flexibility index (Phi) is 3.62. The van der Waals surface area contributed by atoms with Gasteiger partial charge in [-0.2, -0.15) is 0 Å². The number of anilines is 1. The number of hydrogen-bond donors (Lipinski definition) is 2. The van der Waals surface area contributed by atoms with Gasteiger partial charge in [-0.1, -0.05) is 18.7 Å². The summed E-state index contributed by atoms with van der Waals surface area (Å²) in [6.07, 6.45) is 3.83. The zero-order valence-corrected chi connectivity index (χ0v) is 13.5. The van der Waals surface area contributed by atoms with Gasteiger partial charge in [0.15, 0.2) is 11.0 Å². The summed E-state index contributed by atoms with van der Waals surface area (Å²) < 4.78 is 6.01. The second-order valence-electron chi connectivity index (χ2n) is 5.16. The maximum Gasteiger partial charge on any atom is 0.190 e. The maximum absolute atomic E-state index is 6.01. The third kappa shape index (κ3) is 2.18. The zero-order valence-electron chi connectivity index (χ0n) is 11.8. The van der Waals surface area contributed by atoms with Crippen LogP contribution < -0.4 is 11.3 Å². The number of thiophene rings is 1. The number of nitrogens with zero attached hydrogens (tertiary/aromatic N) is 2. The van der Waals surface area contributed by atoms with Gasteiger partial charge in [0.05, 0.1) is 17.6 Å². The van der Waals surface area contributed by atoms with Crippen LogP contribution in [0.2, 0.25) is 0 Å². The van der Waals surface area contributed by atoms with Gasteiger partial charge >= 0.3 is 0 Å². The number of fused-ring (bicyclic) bond motifs is 3. The first-order valence-electron chi connectivity index (χ1n) is 6.57. The Morgan fingerprint density at radius 3 is 2.95 bits per heavy atom. The van der Waals surface area contributed by atoms with Crippen molar-refractivity contribution in [1.29, 1.82) is 0 Å². The average molecular weight is 310 g/mol. The van der Waals surface area contributed by atoms with E-state index in [0.29, 0.717) is 6.61 Å². The average Bonchev–Trinajstić information content (AvgIpc) is 2.83. The number of aromatic nitrogens is 2. The molecule has 20 heavy (non-hydrogen) atoms. The molecule has 3 heterocycles. The number of rotatable bonds is 3.